The fourth-order valence-electron chi connectivity index (χ4n) is 1.28. The second-order valence-electron chi connectivity index (χ2n) is 2.97. The molecular formula is C8H14O3S. The molecule has 0 saturated carbocycles. The predicted octanol–water partition coefficient (Wildman–Crippen LogP) is 0.663. The van der Waals surface area contributed by atoms with Gasteiger partial charge in [0.05, 0.1) is 19.6 Å². The molecule has 0 spiro atoms. The van der Waals surface area contributed by atoms with Crippen molar-refractivity contribution in [1.82, 2.24) is 0 Å². The van der Waals surface area contributed by atoms with Crippen LogP contribution in [0.5, 0.6) is 0 Å². The van der Waals surface area contributed by atoms with Crippen molar-refractivity contribution in [2.75, 3.05) is 18.6 Å². The van der Waals surface area contributed by atoms with E-state index >= 15 is 0 Å². The molecule has 1 saturated heterocycles. The SMILES string of the molecule is COC(=O)CC1CSCCC1O. The van der Waals surface area contributed by atoms with E-state index in [1.165, 1.54) is 7.11 Å². The molecule has 0 radical (unpaired) electrons. The summed E-state index contributed by atoms with van der Waals surface area (Å²) >= 11 is 1.79. The first kappa shape index (κ1) is 9.86. The lowest BCUT2D eigenvalue weighted by Gasteiger charge is -2.25. The monoisotopic (exact) mass is 190 g/mol. The van der Waals surface area contributed by atoms with Crippen molar-refractivity contribution < 1.29 is 14.6 Å². The first-order chi connectivity index (χ1) is 5.74. The first-order valence-electron chi connectivity index (χ1n) is 4.06. The van der Waals surface area contributed by atoms with E-state index in [-0.39, 0.29) is 18.0 Å². The van der Waals surface area contributed by atoms with Crippen LogP contribution in [0.25, 0.3) is 0 Å². The molecule has 1 aliphatic heterocycles. The molecule has 1 N–H and O–H groups in total. The minimum absolute atomic E-state index is 0.0937. The highest BCUT2D eigenvalue weighted by Crippen LogP contribution is 2.25. The van der Waals surface area contributed by atoms with Gasteiger partial charge in [0, 0.05) is 5.92 Å². The van der Waals surface area contributed by atoms with Crippen LogP contribution in [0.4, 0.5) is 0 Å². The van der Waals surface area contributed by atoms with Gasteiger partial charge >= 0.3 is 5.97 Å². The number of aliphatic hydroxyl groups is 1. The number of aliphatic hydroxyl groups excluding tert-OH is 1. The average molecular weight is 190 g/mol. The van der Waals surface area contributed by atoms with Crippen molar-refractivity contribution in [3.05, 3.63) is 0 Å². The van der Waals surface area contributed by atoms with Gasteiger partial charge in [0.1, 0.15) is 0 Å². The summed E-state index contributed by atoms with van der Waals surface area (Å²) in [6, 6.07) is 0. The van der Waals surface area contributed by atoms with Gasteiger partial charge in [-0.15, -0.1) is 0 Å². The Morgan fingerprint density at radius 3 is 3.08 bits per heavy atom. The lowest BCUT2D eigenvalue weighted by atomic mass is 9.98. The lowest BCUT2D eigenvalue weighted by Crippen LogP contribution is -2.29. The van der Waals surface area contributed by atoms with E-state index in [0.29, 0.717) is 6.42 Å². The minimum Gasteiger partial charge on any atom is -0.469 e. The Bertz CT molecular complexity index is 160. The van der Waals surface area contributed by atoms with Gasteiger partial charge < -0.3 is 9.84 Å². The predicted molar refractivity (Wildman–Crippen MR) is 48.1 cm³/mol. The lowest BCUT2D eigenvalue weighted by molar-refractivity contribution is -0.142. The molecular weight excluding hydrogens is 176 g/mol. The van der Waals surface area contributed by atoms with Crippen molar-refractivity contribution in [3.63, 3.8) is 0 Å². The van der Waals surface area contributed by atoms with Gasteiger partial charge in [0.2, 0.25) is 0 Å². The van der Waals surface area contributed by atoms with E-state index in [1.807, 2.05) is 0 Å². The Kier molecular flexibility index (Phi) is 3.88. The van der Waals surface area contributed by atoms with Gasteiger partial charge in [-0.25, -0.2) is 0 Å². The molecule has 12 heavy (non-hydrogen) atoms. The molecule has 1 aliphatic rings. The summed E-state index contributed by atoms with van der Waals surface area (Å²) in [5.41, 5.74) is 0. The minimum atomic E-state index is -0.314. The molecule has 70 valence electrons. The maximum absolute atomic E-state index is 10.9. The van der Waals surface area contributed by atoms with E-state index in [9.17, 15) is 9.90 Å². The molecule has 2 unspecified atom stereocenters. The van der Waals surface area contributed by atoms with Gasteiger partial charge in [-0.3, -0.25) is 4.79 Å². The van der Waals surface area contributed by atoms with Crippen LogP contribution >= 0.6 is 11.8 Å². The number of hydrogen-bond donors (Lipinski definition) is 1. The summed E-state index contributed by atoms with van der Waals surface area (Å²) in [6.45, 7) is 0. The third-order valence-corrected chi connectivity index (χ3v) is 3.28. The number of ether oxygens (including phenoxy) is 1. The fraction of sp³-hybridized carbons (Fsp3) is 0.875. The summed E-state index contributed by atoms with van der Waals surface area (Å²) in [5.74, 6) is 1.74. The number of thioether (sulfide) groups is 1. The summed E-state index contributed by atoms with van der Waals surface area (Å²) in [7, 11) is 1.38. The molecule has 1 rings (SSSR count). The number of rotatable bonds is 2. The summed E-state index contributed by atoms with van der Waals surface area (Å²) < 4.78 is 4.54. The Morgan fingerprint density at radius 2 is 2.50 bits per heavy atom. The molecule has 0 bridgehead atoms. The van der Waals surface area contributed by atoms with Gasteiger partial charge in [-0.2, -0.15) is 11.8 Å². The fourth-order valence-corrected chi connectivity index (χ4v) is 2.50. The van der Waals surface area contributed by atoms with Gasteiger partial charge in [0.25, 0.3) is 0 Å². The molecule has 0 aromatic carbocycles. The van der Waals surface area contributed by atoms with Crippen molar-refractivity contribution in [3.8, 4) is 0 Å². The highest BCUT2D eigenvalue weighted by Gasteiger charge is 2.25. The standard InChI is InChI=1S/C8H14O3S/c1-11-8(10)4-6-5-12-3-2-7(6)9/h6-7,9H,2-5H2,1H3. The second kappa shape index (κ2) is 4.72. The number of carbonyl (C=O) groups is 1. The molecule has 1 heterocycles. The largest absolute Gasteiger partial charge is 0.469 e. The zero-order valence-electron chi connectivity index (χ0n) is 7.16. The maximum atomic E-state index is 10.9. The van der Waals surface area contributed by atoms with Crippen molar-refractivity contribution in [1.29, 1.82) is 0 Å². The molecule has 3 nitrogen and oxygen atoms in total. The zero-order valence-corrected chi connectivity index (χ0v) is 7.97. The Hall–Kier alpha value is -0.220. The zero-order chi connectivity index (χ0) is 8.97. The topological polar surface area (TPSA) is 46.5 Å². The highest BCUT2D eigenvalue weighted by molar-refractivity contribution is 7.99. The van der Waals surface area contributed by atoms with Crippen LogP contribution in [0.15, 0.2) is 0 Å². The molecule has 1 fully saturated rings. The van der Waals surface area contributed by atoms with E-state index in [4.69, 9.17) is 0 Å². The van der Waals surface area contributed by atoms with E-state index in [2.05, 4.69) is 4.74 Å². The van der Waals surface area contributed by atoms with Crippen LogP contribution in [-0.2, 0) is 9.53 Å². The number of carbonyl (C=O) groups excluding carboxylic acids is 1. The summed E-state index contributed by atoms with van der Waals surface area (Å²) in [6.07, 6.45) is 0.835. The van der Waals surface area contributed by atoms with Gasteiger partial charge in [-0.05, 0) is 17.9 Å². The average Bonchev–Trinajstić information content (AvgIpc) is 2.09. The second-order valence-corrected chi connectivity index (χ2v) is 4.12. The van der Waals surface area contributed by atoms with Crippen LogP contribution < -0.4 is 0 Å². The number of esters is 1. The molecule has 4 heteroatoms. The van der Waals surface area contributed by atoms with Crippen LogP contribution in [-0.4, -0.2) is 35.8 Å². The van der Waals surface area contributed by atoms with Gasteiger partial charge in [0.15, 0.2) is 0 Å². The Balaban J connectivity index is 2.33. The van der Waals surface area contributed by atoms with Crippen LogP contribution in [0.1, 0.15) is 12.8 Å². The molecule has 0 aromatic rings. The summed E-state index contributed by atoms with van der Waals surface area (Å²) in [4.78, 5) is 10.9. The summed E-state index contributed by atoms with van der Waals surface area (Å²) in [5, 5.41) is 9.49. The highest BCUT2D eigenvalue weighted by atomic mass is 32.2. The molecule has 0 amide bonds. The molecule has 0 aromatic heterocycles. The van der Waals surface area contributed by atoms with E-state index in [1.54, 1.807) is 11.8 Å². The first-order valence-corrected chi connectivity index (χ1v) is 5.22. The molecule has 0 aliphatic carbocycles. The van der Waals surface area contributed by atoms with E-state index in [0.717, 1.165) is 17.9 Å². The number of hydrogen-bond acceptors (Lipinski definition) is 4. The van der Waals surface area contributed by atoms with E-state index < -0.39 is 0 Å². The Labute approximate surface area is 76.5 Å². The normalized spacial score (nSPS) is 29.8. The van der Waals surface area contributed by atoms with Crippen molar-refractivity contribution >= 4 is 17.7 Å². The van der Waals surface area contributed by atoms with Crippen LogP contribution in [0, 0.1) is 5.92 Å². The third kappa shape index (κ3) is 2.68. The van der Waals surface area contributed by atoms with Crippen molar-refractivity contribution in [2.45, 2.75) is 18.9 Å². The smallest absolute Gasteiger partial charge is 0.305 e. The third-order valence-electron chi connectivity index (χ3n) is 2.09. The van der Waals surface area contributed by atoms with Crippen LogP contribution in [0.2, 0.25) is 0 Å². The van der Waals surface area contributed by atoms with Gasteiger partial charge in [-0.1, -0.05) is 0 Å². The quantitative estimate of drug-likeness (QED) is 0.650. The molecule has 2 atom stereocenters. The maximum Gasteiger partial charge on any atom is 0.305 e. The number of methoxy groups -OCH3 is 1. The van der Waals surface area contributed by atoms with Crippen molar-refractivity contribution in [2.24, 2.45) is 5.92 Å². The Morgan fingerprint density at radius 1 is 1.75 bits per heavy atom. The van der Waals surface area contributed by atoms with Crippen LogP contribution in [0.3, 0.4) is 0 Å².